The lowest BCUT2D eigenvalue weighted by Crippen LogP contribution is -2.31. The lowest BCUT2D eigenvalue weighted by molar-refractivity contribution is 0.0980. The number of halogens is 1. The quantitative estimate of drug-likeness (QED) is 0.838. The third kappa shape index (κ3) is 2.99. The van der Waals surface area contributed by atoms with Gasteiger partial charge in [0.15, 0.2) is 5.78 Å². The van der Waals surface area contributed by atoms with Gasteiger partial charge in [-0.25, -0.2) is 12.8 Å². The first-order valence-electron chi connectivity index (χ1n) is 7.68. The number of sulfonamides is 1. The van der Waals surface area contributed by atoms with Crippen LogP contribution < -0.4 is 0 Å². The maximum absolute atomic E-state index is 13.6. The van der Waals surface area contributed by atoms with Crippen LogP contribution in [0.25, 0.3) is 0 Å². The van der Waals surface area contributed by atoms with Crippen molar-refractivity contribution in [3.8, 4) is 0 Å². The average molecular weight is 347 g/mol. The fraction of sp³-hybridized carbons (Fsp3) is 0.278. The van der Waals surface area contributed by atoms with E-state index >= 15 is 0 Å². The van der Waals surface area contributed by atoms with E-state index in [1.165, 1.54) is 16.4 Å². The molecule has 3 rings (SSSR count). The van der Waals surface area contributed by atoms with Crippen LogP contribution in [-0.2, 0) is 16.6 Å². The molecule has 0 aromatic heterocycles. The molecule has 6 heteroatoms. The second-order valence-corrected chi connectivity index (χ2v) is 8.01. The summed E-state index contributed by atoms with van der Waals surface area (Å²) in [4.78, 5) is 12.5. The van der Waals surface area contributed by atoms with Crippen LogP contribution in [0.3, 0.4) is 0 Å². The summed E-state index contributed by atoms with van der Waals surface area (Å²) in [5.41, 5.74) is 2.42. The Hall–Kier alpha value is -2.05. The van der Waals surface area contributed by atoms with Gasteiger partial charge in [0.1, 0.15) is 5.82 Å². The predicted molar refractivity (Wildman–Crippen MR) is 88.9 cm³/mol. The van der Waals surface area contributed by atoms with Gasteiger partial charge in [0, 0.05) is 25.1 Å². The summed E-state index contributed by atoms with van der Waals surface area (Å²) in [6, 6.07) is 9.14. The molecule has 0 fully saturated rings. The molecule has 1 aliphatic rings. The first-order chi connectivity index (χ1) is 11.3. The molecule has 2 aromatic carbocycles. The maximum atomic E-state index is 13.6. The zero-order chi connectivity index (χ0) is 17.5. The van der Waals surface area contributed by atoms with Crippen molar-refractivity contribution in [2.24, 2.45) is 0 Å². The highest BCUT2D eigenvalue weighted by molar-refractivity contribution is 7.89. The topological polar surface area (TPSA) is 54.5 Å². The van der Waals surface area contributed by atoms with Crippen molar-refractivity contribution < 1.29 is 17.6 Å². The van der Waals surface area contributed by atoms with E-state index in [1.807, 2.05) is 6.92 Å². The van der Waals surface area contributed by atoms with Crippen LogP contribution in [0.2, 0.25) is 0 Å². The molecule has 0 unspecified atom stereocenters. The van der Waals surface area contributed by atoms with E-state index in [9.17, 15) is 17.6 Å². The van der Waals surface area contributed by atoms with Crippen LogP contribution in [0.1, 0.15) is 33.5 Å². The van der Waals surface area contributed by atoms with Gasteiger partial charge in [0.05, 0.1) is 4.90 Å². The predicted octanol–water partition coefficient (Wildman–Crippen LogP) is 3.22. The molecule has 1 aliphatic heterocycles. The van der Waals surface area contributed by atoms with Gasteiger partial charge >= 0.3 is 0 Å². The minimum absolute atomic E-state index is 0.0426. The van der Waals surface area contributed by atoms with E-state index in [2.05, 4.69) is 0 Å². The van der Waals surface area contributed by atoms with Crippen LogP contribution in [0.5, 0.6) is 0 Å². The Kier molecular flexibility index (Phi) is 4.27. The molecule has 0 radical (unpaired) electrons. The SMILES string of the molecule is Cc1ccc(S(=O)(=O)N2CCC(=O)c3cc(F)cc(C)c3C2)cc1. The molecular formula is C18H18FNO3S. The molecular weight excluding hydrogens is 329 g/mol. The first-order valence-corrected chi connectivity index (χ1v) is 9.12. The number of rotatable bonds is 2. The molecule has 0 amide bonds. The molecule has 2 aromatic rings. The van der Waals surface area contributed by atoms with Crippen LogP contribution in [0.15, 0.2) is 41.3 Å². The highest BCUT2D eigenvalue weighted by Gasteiger charge is 2.30. The lowest BCUT2D eigenvalue weighted by Gasteiger charge is -2.21. The fourth-order valence-corrected chi connectivity index (χ4v) is 4.32. The number of aryl methyl sites for hydroxylation is 2. The van der Waals surface area contributed by atoms with Crippen molar-refractivity contribution in [1.29, 1.82) is 0 Å². The van der Waals surface area contributed by atoms with Crippen molar-refractivity contribution in [3.05, 3.63) is 64.5 Å². The molecule has 4 nitrogen and oxygen atoms in total. The molecule has 0 atom stereocenters. The van der Waals surface area contributed by atoms with Gasteiger partial charge in [-0.1, -0.05) is 17.7 Å². The Bertz CT molecular complexity index is 905. The second-order valence-electron chi connectivity index (χ2n) is 6.07. The van der Waals surface area contributed by atoms with Crippen molar-refractivity contribution in [2.45, 2.75) is 31.7 Å². The highest BCUT2D eigenvalue weighted by atomic mass is 32.2. The van der Waals surface area contributed by atoms with E-state index in [0.29, 0.717) is 11.1 Å². The number of hydrogen-bond acceptors (Lipinski definition) is 3. The summed E-state index contributed by atoms with van der Waals surface area (Å²) in [5, 5.41) is 0. The van der Waals surface area contributed by atoms with Crippen LogP contribution >= 0.6 is 0 Å². The number of benzene rings is 2. The standard InChI is InChI=1S/C18H18FNO3S/c1-12-3-5-15(6-4-12)24(22,23)20-8-7-18(21)16-10-14(19)9-13(2)17(16)11-20/h3-6,9-10H,7-8,11H2,1-2H3. The number of Topliss-reactive ketones (excluding diaryl/α,β-unsaturated/α-hetero) is 1. The largest absolute Gasteiger partial charge is 0.294 e. The summed E-state index contributed by atoms with van der Waals surface area (Å²) in [5.74, 6) is -0.705. The number of carbonyl (C=O) groups excluding carboxylic acids is 1. The number of nitrogens with zero attached hydrogens (tertiary/aromatic N) is 1. The Morgan fingerprint density at radius 3 is 2.42 bits per heavy atom. The maximum Gasteiger partial charge on any atom is 0.243 e. The lowest BCUT2D eigenvalue weighted by atomic mass is 9.98. The van der Waals surface area contributed by atoms with Gasteiger partial charge in [-0.3, -0.25) is 4.79 Å². The first kappa shape index (κ1) is 16.8. The van der Waals surface area contributed by atoms with Gasteiger partial charge in [-0.15, -0.1) is 0 Å². The van der Waals surface area contributed by atoms with Crippen LogP contribution in [0, 0.1) is 19.7 Å². The monoisotopic (exact) mass is 347 g/mol. The van der Waals surface area contributed by atoms with E-state index < -0.39 is 15.8 Å². The Balaban J connectivity index is 2.04. The molecule has 0 saturated heterocycles. The van der Waals surface area contributed by atoms with Crippen molar-refractivity contribution >= 4 is 15.8 Å². The summed E-state index contributed by atoms with van der Waals surface area (Å²) in [6.45, 7) is 3.74. The van der Waals surface area contributed by atoms with Gasteiger partial charge in [-0.05, 0) is 49.2 Å². The average Bonchev–Trinajstić information content (AvgIpc) is 2.68. The van der Waals surface area contributed by atoms with Crippen molar-refractivity contribution in [3.63, 3.8) is 0 Å². The van der Waals surface area contributed by atoms with Crippen LogP contribution in [-0.4, -0.2) is 25.1 Å². The summed E-state index contributed by atoms with van der Waals surface area (Å²) < 4.78 is 40.7. The normalized spacial score (nSPS) is 15.9. The van der Waals surface area contributed by atoms with E-state index in [1.54, 1.807) is 31.2 Å². The zero-order valence-corrected chi connectivity index (χ0v) is 14.4. The Morgan fingerprint density at radius 1 is 1.08 bits per heavy atom. The fourth-order valence-electron chi connectivity index (χ4n) is 2.91. The number of ketones is 1. The minimum atomic E-state index is -3.71. The van der Waals surface area contributed by atoms with Crippen LogP contribution in [0.4, 0.5) is 4.39 Å². The molecule has 126 valence electrons. The molecule has 0 bridgehead atoms. The number of carbonyl (C=O) groups is 1. The third-order valence-corrected chi connectivity index (χ3v) is 6.18. The Morgan fingerprint density at radius 2 is 1.75 bits per heavy atom. The smallest absolute Gasteiger partial charge is 0.243 e. The van der Waals surface area contributed by atoms with Gasteiger partial charge < -0.3 is 0 Å². The molecule has 0 saturated carbocycles. The van der Waals surface area contributed by atoms with Crippen molar-refractivity contribution in [2.75, 3.05) is 6.54 Å². The molecule has 1 heterocycles. The summed E-state index contributed by atoms with van der Waals surface area (Å²) >= 11 is 0. The van der Waals surface area contributed by atoms with E-state index in [-0.39, 0.29) is 35.8 Å². The molecule has 0 spiro atoms. The summed E-state index contributed by atoms with van der Waals surface area (Å²) in [6.07, 6.45) is 0.0426. The third-order valence-electron chi connectivity index (χ3n) is 4.32. The van der Waals surface area contributed by atoms with E-state index in [0.717, 1.165) is 5.56 Å². The van der Waals surface area contributed by atoms with Crippen molar-refractivity contribution in [1.82, 2.24) is 4.31 Å². The van der Waals surface area contributed by atoms with Gasteiger partial charge in [0.2, 0.25) is 10.0 Å². The summed E-state index contributed by atoms with van der Waals surface area (Å²) in [7, 11) is -3.71. The zero-order valence-electron chi connectivity index (χ0n) is 13.5. The number of fused-ring (bicyclic) bond motifs is 1. The van der Waals surface area contributed by atoms with Gasteiger partial charge in [-0.2, -0.15) is 4.31 Å². The van der Waals surface area contributed by atoms with E-state index in [4.69, 9.17) is 0 Å². The minimum Gasteiger partial charge on any atom is -0.294 e. The second kappa shape index (κ2) is 6.11. The Labute approximate surface area is 141 Å². The highest BCUT2D eigenvalue weighted by Crippen LogP contribution is 2.27. The number of hydrogen-bond donors (Lipinski definition) is 0. The molecule has 0 aliphatic carbocycles. The van der Waals surface area contributed by atoms with Gasteiger partial charge in [0.25, 0.3) is 0 Å². The molecule has 24 heavy (non-hydrogen) atoms. The molecule has 0 N–H and O–H groups in total.